The van der Waals surface area contributed by atoms with E-state index in [-0.39, 0.29) is 5.69 Å². The number of nitro groups is 1. The van der Waals surface area contributed by atoms with Crippen LogP contribution in [0, 0.1) is 10.1 Å². The molecule has 3 aromatic rings. The lowest BCUT2D eigenvalue weighted by Gasteiger charge is -1.98. The molecule has 0 amide bonds. The SMILES string of the molecule is COc1ccc(-c2nc(-c3cccc([N+](=O)[O-])c3)no2)cc1. The lowest BCUT2D eigenvalue weighted by molar-refractivity contribution is -0.384. The van der Waals surface area contributed by atoms with E-state index in [1.807, 2.05) is 0 Å². The monoisotopic (exact) mass is 297 g/mol. The van der Waals surface area contributed by atoms with Gasteiger partial charge in [0.2, 0.25) is 5.82 Å². The van der Waals surface area contributed by atoms with Crippen molar-refractivity contribution in [2.24, 2.45) is 0 Å². The number of nitrogens with zero attached hydrogens (tertiary/aromatic N) is 3. The topological polar surface area (TPSA) is 91.3 Å². The molecule has 7 nitrogen and oxygen atoms in total. The Morgan fingerprint density at radius 1 is 1.14 bits per heavy atom. The van der Waals surface area contributed by atoms with E-state index in [1.165, 1.54) is 12.1 Å². The van der Waals surface area contributed by atoms with Crippen LogP contribution in [0.15, 0.2) is 53.1 Å². The first-order valence-corrected chi connectivity index (χ1v) is 6.40. The van der Waals surface area contributed by atoms with Crippen molar-refractivity contribution in [1.29, 1.82) is 0 Å². The Morgan fingerprint density at radius 3 is 2.59 bits per heavy atom. The molecule has 22 heavy (non-hydrogen) atoms. The highest BCUT2D eigenvalue weighted by atomic mass is 16.6. The molecule has 0 fully saturated rings. The fourth-order valence-corrected chi connectivity index (χ4v) is 1.95. The summed E-state index contributed by atoms with van der Waals surface area (Å²) in [6, 6.07) is 13.2. The number of nitro benzene ring substituents is 1. The number of non-ortho nitro benzene ring substituents is 1. The predicted octanol–water partition coefficient (Wildman–Crippen LogP) is 3.32. The Bertz CT molecular complexity index is 812. The highest BCUT2D eigenvalue weighted by molar-refractivity contribution is 5.62. The van der Waals surface area contributed by atoms with Crippen LogP contribution >= 0.6 is 0 Å². The van der Waals surface area contributed by atoms with Gasteiger partial charge in [0.1, 0.15) is 5.75 Å². The molecule has 1 heterocycles. The highest BCUT2D eigenvalue weighted by Crippen LogP contribution is 2.25. The largest absolute Gasteiger partial charge is 0.497 e. The van der Waals surface area contributed by atoms with Crippen LogP contribution in [0.5, 0.6) is 5.75 Å². The molecule has 0 N–H and O–H groups in total. The average molecular weight is 297 g/mol. The van der Waals surface area contributed by atoms with Gasteiger partial charge in [-0.15, -0.1) is 0 Å². The normalized spacial score (nSPS) is 10.4. The van der Waals surface area contributed by atoms with Gasteiger partial charge < -0.3 is 9.26 Å². The van der Waals surface area contributed by atoms with Crippen molar-refractivity contribution in [2.75, 3.05) is 7.11 Å². The lowest BCUT2D eigenvalue weighted by atomic mass is 10.2. The summed E-state index contributed by atoms with van der Waals surface area (Å²) >= 11 is 0. The van der Waals surface area contributed by atoms with Gasteiger partial charge >= 0.3 is 0 Å². The fraction of sp³-hybridized carbons (Fsp3) is 0.0667. The van der Waals surface area contributed by atoms with E-state index in [9.17, 15) is 10.1 Å². The van der Waals surface area contributed by atoms with Gasteiger partial charge in [0, 0.05) is 23.3 Å². The summed E-state index contributed by atoms with van der Waals surface area (Å²) in [6.07, 6.45) is 0. The molecular weight excluding hydrogens is 286 g/mol. The van der Waals surface area contributed by atoms with E-state index in [1.54, 1.807) is 43.5 Å². The second kappa shape index (κ2) is 5.65. The Kier molecular flexibility index (Phi) is 3.53. The Labute approximate surface area is 125 Å². The summed E-state index contributed by atoms with van der Waals surface area (Å²) in [7, 11) is 1.59. The Hall–Kier alpha value is -3.22. The summed E-state index contributed by atoms with van der Waals surface area (Å²) < 4.78 is 10.3. The molecule has 0 radical (unpaired) electrons. The van der Waals surface area contributed by atoms with Crippen LogP contribution < -0.4 is 4.74 Å². The van der Waals surface area contributed by atoms with Gasteiger partial charge in [-0.2, -0.15) is 4.98 Å². The minimum absolute atomic E-state index is 0.0201. The molecule has 2 aromatic carbocycles. The van der Waals surface area contributed by atoms with E-state index in [4.69, 9.17) is 9.26 Å². The van der Waals surface area contributed by atoms with Crippen LogP contribution in [-0.4, -0.2) is 22.2 Å². The minimum atomic E-state index is -0.464. The van der Waals surface area contributed by atoms with Crippen molar-refractivity contribution in [3.05, 3.63) is 58.6 Å². The standard InChI is InChI=1S/C15H11N3O4/c1-21-13-7-5-10(6-8-13)15-16-14(17-22-15)11-3-2-4-12(9-11)18(19)20/h2-9H,1H3. The number of hydrogen-bond donors (Lipinski definition) is 0. The van der Waals surface area contributed by atoms with Gasteiger partial charge in [-0.05, 0) is 24.3 Å². The number of ether oxygens (including phenoxy) is 1. The Morgan fingerprint density at radius 2 is 1.91 bits per heavy atom. The molecule has 0 saturated carbocycles. The van der Waals surface area contributed by atoms with E-state index in [0.29, 0.717) is 17.3 Å². The summed E-state index contributed by atoms with van der Waals surface area (Å²) in [6.45, 7) is 0. The number of aromatic nitrogens is 2. The maximum absolute atomic E-state index is 10.8. The molecule has 0 unspecified atom stereocenters. The number of methoxy groups -OCH3 is 1. The first-order chi connectivity index (χ1) is 10.7. The second-order valence-corrected chi connectivity index (χ2v) is 4.46. The zero-order valence-corrected chi connectivity index (χ0v) is 11.6. The highest BCUT2D eigenvalue weighted by Gasteiger charge is 2.13. The minimum Gasteiger partial charge on any atom is -0.497 e. The van der Waals surface area contributed by atoms with E-state index in [2.05, 4.69) is 10.1 Å². The van der Waals surface area contributed by atoms with Gasteiger partial charge in [0.05, 0.1) is 12.0 Å². The maximum Gasteiger partial charge on any atom is 0.270 e. The third-order valence-electron chi connectivity index (χ3n) is 3.08. The predicted molar refractivity (Wildman–Crippen MR) is 78.4 cm³/mol. The molecule has 0 spiro atoms. The number of rotatable bonds is 4. The molecule has 110 valence electrons. The summed E-state index contributed by atoms with van der Waals surface area (Å²) in [5.41, 5.74) is 1.25. The van der Waals surface area contributed by atoms with Crippen molar-refractivity contribution in [3.8, 4) is 28.6 Å². The van der Waals surface area contributed by atoms with Gasteiger partial charge in [-0.3, -0.25) is 10.1 Å². The smallest absolute Gasteiger partial charge is 0.270 e. The number of hydrogen-bond acceptors (Lipinski definition) is 6. The Balaban J connectivity index is 1.93. The zero-order chi connectivity index (χ0) is 15.5. The molecular formula is C15H11N3O4. The molecule has 7 heteroatoms. The number of benzene rings is 2. The molecule has 0 aliphatic carbocycles. The van der Waals surface area contributed by atoms with Crippen LogP contribution in [0.2, 0.25) is 0 Å². The summed E-state index contributed by atoms with van der Waals surface area (Å²) in [5.74, 6) is 1.36. The third-order valence-corrected chi connectivity index (χ3v) is 3.08. The summed E-state index contributed by atoms with van der Waals surface area (Å²) in [4.78, 5) is 14.6. The van der Waals surface area contributed by atoms with E-state index >= 15 is 0 Å². The molecule has 3 rings (SSSR count). The van der Waals surface area contributed by atoms with E-state index < -0.39 is 4.92 Å². The van der Waals surface area contributed by atoms with Crippen LogP contribution in [-0.2, 0) is 0 Å². The van der Waals surface area contributed by atoms with E-state index in [0.717, 1.165) is 11.3 Å². The first kappa shape index (κ1) is 13.7. The zero-order valence-electron chi connectivity index (χ0n) is 11.6. The van der Waals surface area contributed by atoms with Crippen molar-refractivity contribution >= 4 is 5.69 Å². The van der Waals surface area contributed by atoms with Gasteiger partial charge in [-0.1, -0.05) is 17.3 Å². The molecule has 0 aliphatic rings. The van der Waals surface area contributed by atoms with Crippen molar-refractivity contribution < 1.29 is 14.2 Å². The molecule has 0 saturated heterocycles. The van der Waals surface area contributed by atoms with Crippen molar-refractivity contribution in [2.45, 2.75) is 0 Å². The van der Waals surface area contributed by atoms with Crippen LogP contribution in [0.4, 0.5) is 5.69 Å². The molecule has 0 bridgehead atoms. The average Bonchev–Trinajstić information content (AvgIpc) is 3.05. The molecule has 0 aliphatic heterocycles. The summed E-state index contributed by atoms with van der Waals surface area (Å²) in [5, 5.41) is 14.7. The van der Waals surface area contributed by atoms with Crippen molar-refractivity contribution in [3.63, 3.8) is 0 Å². The molecule has 1 aromatic heterocycles. The van der Waals surface area contributed by atoms with Gasteiger partial charge in [0.15, 0.2) is 0 Å². The van der Waals surface area contributed by atoms with Crippen LogP contribution in [0.25, 0.3) is 22.8 Å². The second-order valence-electron chi connectivity index (χ2n) is 4.46. The van der Waals surface area contributed by atoms with Gasteiger partial charge in [-0.25, -0.2) is 0 Å². The quantitative estimate of drug-likeness (QED) is 0.542. The first-order valence-electron chi connectivity index (χ1n) is 6.40. The van der Waals surface area contributed by atoms with Crippen molar-refractivity contribution in [1.82, 2.24) is 10.1 Å². The van der Waals surface area contributed by atoms with Crippen LogP contribution in [0.1, 0.15) is 0 Å². The van der Waals surface area contributed by atoms with Crippen LogP contribution in [0.3, 0.4) is 0 Å². The van der Waals surface area contributed by atoms with Gasteiger partial charge in [0.25, 0.3) is 11.6 Å². The molecule has 0 atom stereocenters. The lowest BCUT2D eigenvalue weighted by Crippen LogP contribution is -1.88. The third kappa shape index (κ3) is 2.64. The fourth-order valence-electron chi connectivity index (χ4n) is 1.95. The maximum atomic E-state index is 10.8.